The minimum absolute atomic E-state index is 0.0754. The van der Waals surface area contributed by atoms with Crippen LogP contribution in [-0.4, -0.2) is 22.9 Å². The first kappa shape index (κ1) is 22.3. The highest BCUT2D eigenvalue weighted by Gasteiger charge is 2.21. The molecule has 32 heavy (non-hydrogen) atoms. The molecule has 3 aromatic carbocycles. The number of benzene rings is 3. The number of ether oxygens (including phenoxy) is 2. The molecule has 0 radical (unpaired) electrons. The molecular weight excluding hydrogens is 414 g/mol. The third-order valence-corrected chi connectivity index (χ3v) is 4.49. The van der Waals surface area contributed by atoms with Gasteiger partial charge in [0.1, 0.15) is 18.0 Å². The Balaban J connectivity index is 1.54. The number of nitrogens with one attached hydrogen (secondary N) is 1. The fraction of sp³-hybridized carbons (Fsp3) is 0.130. The van der Waals surface area contributed by atoms with Crippen LogP contribution in [0.1, 0.15) is 22.8 Å². The average Bonchev–Trinajstić information content (AvgIpc) is 2.79. The highest BCUT2D eigenvalue weighted by Crippen LogP contribution is 2.23. The standard InChI is InChI=1S/C23H21N3O6/c1-15(32-23(28)17-7-12-20(24)21(13-17)26(29)30)22(27)25-18-8-10-19(11-9-18)31-14-16-5-3-2-4-6-16/h2-13,15H,14,24H2,1H3,(H,25,27). The maximum Gasteiger partial charge on any atom is 0.339 e. The van der Waals surface area contributed by atoms with Gasteiger partial charge in [0.05, 0.1) is 10.5 Å². The van der Waals surface area contributed by atoms with E-state index in [2.05, 4.69) is 5.32 Å². The van der Waals surface area contributed by atoms with Crippen LogP contribution in [0.2, 0.25) is 0 Å². The molecule has 9 heteroatoms. The van der Waals surface area contributed by atoms with Gasteiger partial charge in [-0.25, -0.2) is 4.79 Å². The number of hydrogen-bond acceptors (Lipinski definition) is 7. The van der Waals surface area contributed by atoms with Crippen molar-refractivity contribution >= 4 is 28.9 Å². The summed E-state index contributed by atoms with van der Waals surface area (Å²) in [6, 6.07) is 20.0. The molecule has 0 heterocycles. The van der Waals surface area contributed by atoms with Gasteiger partial charge in [0.25, 0.3) is 11.6 Å². The summed E-state index contributed by atoms with van der Waals surface area (Å²) in [6.45, 7) is 1.82. The van der Waals surface area contributed by atoms with Crippen LogP contribution >= 0.6 is 0 Å². The van der Waals surface area contributed by atoms with E-state index in [1.807, 2.05) is 30.3 Å². The van der Waals surface area contributed by atoms with Crippen molar-refractivity contribution in [2.75, 3.05) is 11.1 Å². The summed E-state index contributed by atoms with van der Waals surface area (Å²) in [5.74, 6) is -0.794. The molecule has 0 aliphatic carbocycles. The summed E-state index contributed by atoms with van der Waals surface area (Å²) in [7, 11) is 0. The van der Waals surface area contributed by atoms with Crippen molar-refractivity contribution in [2.45, 2.75) is 19.6 Å². The quantitative estimate of drug-likeness (QED) is 0.237. The second-order valence-corrected chi connectivity index (χ2v) is 6.87. The fourth-order valence-electron chi connectivity index (χ4n) is 2.73. The van der Waals surface area contributed by atoms with Crippen LogP contribution in [0.4, 0.5) is 17.1 Å². The van der Waals surface area contributed by atoms with Gasteiger partial charge in [-0.05, 0) is 48.9 Å². The number of nitro benzene ring substituents is 1. The lowest BCUT2D eigenvalue weighted by Gasteiger charge is -2.14. The average molecular weight is 435 g/mol. The monoisotopic (exact) mass is 435 g/mol. The first-order valence-corrected chi connectivity index (χ1v) is 9.66. The molecule has 1 amide bonds. The van der Waals surface area contributed by atoms with E-state index < -0.39 is 28.6 Å². The van der Waals surface area contributed by atoms with E-state index in [9.17, 15) is 19.7 Å². The number of nitrogens with two attached hydrogens (primary N) is 1. The number of nitrogens with zero attached hydrogens (tertiary/aromatic N) is 1. The molecule has 0 fully saturated rings. The van der Waals surface area contributed by atoms with Crippen LogP contribution < -0.4 is 15.8 Å². The van der Waals surface area contributed by atoms with E-state index in [1.54, 1.807) is 24.3 Å². The predicted octanol–water partition coefficient (Wildman–Crippen LogP) is 3.94. The largest absolute Gasteiger partial charge is 0.489 e. The van der Waals surface area contributed by atoms with E-state index in [0.29, 0.717) is 18.0 Å². The zero-order chi connectivity index (χ0) is 23.1. The Morgan fingerprint density at radius 2 is 1.75 bits per heavy atom. The SMILES string of the molecule is CC(OC(=O)c1ccc(N)c([N+](=O)[O-])c1)C(=O)Nc1ccc(OCc2ccccc2)cc1. The number of esters is 1. The van der Waals surface area contributed by atoms with Crippen molar-refractivity contribution in [3.05, 3.63) is 94.0 Å². The van der Waals surface area contributed by atoms with Crippen molar-refractivity contribution in [2.24, 2.45) is 0 Å². The van der Waals surface area contributed by atoms with Crippen LogP contribution in [0.3, 0.4) is 0 Å². The topological polar surface area (TPSA) is 134 Å². The van der Waals surface area contributed by atoms with Gasteiger partial charge in [-0.2, -0.15) is 0 Å². The summed E-state index contributed by atoms with van der Waals surface area (Å²) in [4.78, 5) is 34.9. The summed E-state index contributed by atoms with van der Waals surface area (Å²) < 4.78 is 10.8. The molecule has 0 aromatic heterocycles. The molecule has 3 aromatic rings. The van der Waals surface area contributed by atoms with Crippen molar-refractivity contribution < 1.29 is 24.0 Å². The molecule has 0 aliphatic heterocycles. The third-order valence-electron chi connectivity index (χ3n) is 4.49. The number of amides is 1. The number of carbonyl (C=O) groups is 2. The Labute approximate surface area is 183 Å². The van der Waals surface area contributed by atoms with Gasteiger partial charge in [0.2, 0.25) is 0 Å². The van der Waals surface area contributed by atoms with Gasteiger partial charge in [-0.1, -0.05) is 30.3 Å². The lowest BCUT2D eigenvalue weighted by Crippen LogP contribution is -2.30. The molecule has 3 N–H and O–H groups in total. The van der Waals surface area contributed by atoms with Gasteiger partial charge >= 0.3 is 5.97 Å². The van der Waals surface area contributed by atoms with Crippen molar-refractivity contribution in [1.29, 1.82) is 0 Å². The van der Waals surface area contributed by atoms with E-state index in [0.717, 1.165) is 11.6 Å². The fourth-order valence-corrected chi connectivity index (χ4v) is 2.73. The molecule has 0 spiro atoms. The Bertz CT molecular complexity index is 1120. The smallest absolute Gasteiger partial charge is 0.339 e. The third kappa shape index (κ3) is 5.82. The number of hydrogen-bond donors (Lipinski definition) is 2. The number of carbonyl (C=O) groups excluding carboxylic acids is 2. The molecule has 0 saturated carbocycles. The lowest BCUT2D eigenvalue weighted by molar-refractivity contribution is -0.383. The number of anilines is 2. The zero-order valence-corrected chi connectivity index (χ0v) is 17.2. The van der Waals surface area contributed by atoms with E-state index in [1.165, 1.54) is 19.1 Å². The molecule has 164 valence electrons. The summed E-state index contributed by atoms with van der Waals surface area (Å²) in [6.07, 6.45) is -1.13. The van der Waals surface area contributed by atoms with Crippen molar-refractivity contribution in [3.8, 4) is 5.75 Å². The Kier molecular flexibility index (Phi) is 7.02. The number of nitro groups is 1. The first-order chi connectivity index (χ1) is 15.3. The molecule has 0 aliphatic rings. The molecule has 9 nitrogen and oxygen atoms in total. The molecule has 0 saturated heterocycles. The van der Waals surface area contributed by atoms with E-state index in [-0.39, 0.29) is 11.3 Å². The number of nitrogen functional groups attached to an aromatic ring is 1. The van der Waals surface area contributed by atoms with Gasteiger partial charge in [-0.3, -0.25) is 14.9 Å². The molecule has 1 unspecified atom stereocenters. The van der Waals surface area contributed by atoms with Crippen LogP contribution in [0.5, 0.6) is 5.75 Å². The van der Waals surface area contributed by atoms with Crippen molar-refractivity contribution in [1.82, 2.24) is 0 Å². The zero-order valence-electron chi connectivity index (χ0n) is 17.2. The minimum Gasteiger partial charge on any atom is -0.489 e. The molecular formula is C23H21N3O6. The summed E-state index contributed by atoms with van der Waals surface area (Å²) in [5.41, 5.74) is 6.48. The second kappa shape index (κ2) is 10.1. The summed E-state index contributed by atoms with van der Waals surface area (Å²) in [5, 5.41) is 13.6. The van der Waals surface area contributed by atoms with Crippen LogP contribution in [-0.2, 0) is 16.1 Å². The first-order valence-electron chi connectivity index (χ1n) is 9.66. The van der Waals surface area contributed by atoms with E-state index in [4.69, 9.17) is 15.2 Å². The van der Waals surface area contributed by atoms with E-state index >= 15 is 0 Å². The molecule has 0 bridgehead atoms. The number of rotatable bonds is 8. The Morgan fingerprint density at radius 3 is 2.41 bits per heavy atom. The van der Waals surface area contributed by atoms with Crippen LogP contribution in [0.25, 0.3) is 0 Å². The molecule has 1 atom stereocenters. The highest BCUT2D eigenvalue weighted by atomic mass is 16.6. The highest BCUT2D eigenvalue weighted by molar-refractivity contribution is 5.97. The predicted molar refractivity (Wildman–Crippen MR) is 118 cm³/mol. The van der Waals surface area contributed by atoms with Gasteiger partial charge < -0.3 is 20.5 Å². The summed E-state index contributed by atoms with van der Waals surface area (Å²) >= 11 is 0. The van der Waals surface area contributed by atoms with Crippen molar-refractivity contribution in [3.63, 3.8) is 0 Å². The Morgan fingerprint density at radius 1 is 1.06 bits per heavy atom. The van der Waals surface area contributed by atoms with Gasteiger partial charge in [0.15, 0.2) is 6.10 Å². The van der Waals surface area contributed by atoms with Gasteiger partial charge in [0, 0.05) is 11.8 Å². The Hall–Kier alpha value is -4.40. The lowest BCUT2D eigenvalue weighted by atomic mass is 10.2. The normalized spacial score (nSPS) is 11.3. The van der Waals surface area contributed by atoms with Crippen LogP contribution in [0.15, 0.2) is 72.8 Å². The minimum atomic E-state index is -1.13. The maximum absolute atomic E-state index is 12.4. The second-order valence-electron chi connectivity index (χ2n) is 6.87. The van der Waals surface area contributed by atoms with Gasteiger partial charge in [-0.15, -0.1) is 0 Å². The maximum atomic E-state index is 12.4. The van der Waals surface area contributed by atoms with Crippen LogP contribution in [0, 0.1) is 10.1 Å². The molecule has 3 rings (SSSR count).